The van der Waals surface area contributed by atoms with Crippen molar-refractivity contribution in [3.63, 3.8) is 0 Å². The molecule has 0 spiro atoms. The highest BCUT2D eigenvalue weighted by molar-refractivity contribution is 4.82. The lowest BCUT2D eigenvalue weighted by molar-refractivity contribution is 0.0420. The van der Waals surface area contributed by atoms with Gasteiger partial charge in [-0.25, -0.2) is 0 Å². The van der Waals surface area contributed by atoms with Gasteiger partial charge in [0, 0.05) is 25.7 Å². The van der Waals surface area contributed by atoms with Gasteiger partial charge in [-0.2, -0.15) is 0 Å². The molecular weight excluding hydrogens is 206 g/mol. The van der Waals surface area contributed by atoms with E-state index < -0.39 is 0 Å². The summed E-state index contributed by atoms with van der Waals surface area (Å²) in [7, 11) is 1.66. The smallest absolute Gasteiger partial charge is 0.0700 e. The molecule has 0 rings (SSSR count). The molecule has 0 aliphatic rings. The standard InChI is InChI=1S/C12H27NO3/c1-11(2)12(9-13,10-14)5-4-6-16-8-7-15-3/h11,14H,4-10,13H2,1-3H3. The Morgan fingerprint density at radius 2 is 1.94 bits per heavy atom. The van der Waals surface area contributed by atoms with Crippen molar-refractivity contribution in [1.82, 2.24) is 0 Å². The van der Waals surface area contributed by atoms with E-state index in [1.165, 1.54) is 0 Å². The Labute approximate surface area is 99.1 Å². The third-order valence-corrected chi connectivity index (χ3v) is 3.34. The predicted octanol–water partition coefficient (Wildman–Crippen LogP) is 1.02. The summed E-state index contributed by atoms with van der Waals surface area (Å²) in [5.74, 6) is 0.390. The van der Waals surface area contributed by atoms with E-state index in [9.17, 15) is 5.11 Å². The molecule has 0 aromatic heterocycles. The van der Waals surface area contributed by atoms with Gasteiger partial charge >= 0.3 is 0 Å². The molecule has 0 heterocycles. The van der Waals surface area contributed by atoms with E-state index in [1.54, 1.807) is 7.11 Å². The molecule has 1 unspecified atom stereocenters. The van der Waals surface area contributed by atoms with Gasteiger partial charge in [-0.05, 0) is 18.8 Å². The first-order chi connectivity index (χ1) is 7.63. The maximum atomic E-state index is 9.45. The number of aliphatic hydroxyl groups excluding tert-OH is 1. The predicted molar refractivity (Wildman–Crippen MR) is 65.3 cm³/mol. The Morgan fingerprint density at radius 1 is 1.25 bits per heavy atom. The summed E-state index contributed by atoms with van der Waals surface area (Å²) < 4.78 is 10.3. The molecule has 3 N–H and O–H groups in total. The molecule has 0 aromatic carbocycles. The highest BCUT2D eigenvalue weighted by Crippen LogP contribution is 2.31. The number of hydrogen-bond acceptors (Lipinski definition) is 4. The number of nitrogens with two attached hydrogens (primary N) is 1. The molecule has 0 amide bonds. The van der Waals surface area contributed by atoms with Crippen LogP contribution in [-0.4, -0.2) is 45.2 Å². The fourth-order valence-corrected chi connectivity index (χ4v) is 1.72. The summed E-state index contributed by atoms with van der Waals surface area (Å²) in [5, 5.41) is 9.45. The maximum absolute atomic E-state index is 9.45. The molecule has 1 atom stereocenters. The van der Waals surface area contributed by atoms with Crippen LogP contribution in [0.3, 0.4) is 0 Å². The monoisotopic (exact) mass is 233 g/mol. The molecule has 0 aliphatic heterocycles. The molecule has 0 saturated carbocycles. The van der Waals surface area contributed by atoms with E-state index in [2.05, 4.69) is 13.8 Å². The van der Waals surface area contributed by atoms with E-state index in [-0.39, 0.29) is 12.0 Å². The maximum Gasteiger partial charge on any atom is 0.0700 e. The SMILES string of the molecule is COCCOCCCC(CN)(CO)C(C)C. The van der Waals surface area contributed by atoms with Crippen LogP contribution < -0.4 is 5.73 Å². The summed E-state index contributed by atoms with van der Waals surface area (Å²) in [6, 6.07) is 0. The highest BCUT2D eigenvalue weighted by atomic mass is 16.5. The van der Waals surface area contributed by atoms with E-state index in [4.69, 9.17) is 15.2 Å². The van der Waals surface area contributed by atoms with Crippen LogP contribution in [-0.2, 0) is 9.47 Å². The molecule has 4 nitrogen and oxygen atoms in total. The van der Waals surface area contributed by atoms with Crippen LogP contribution in [0.15, 0.2) is 0 Å². The summed E-state index contributed by atoms with van der Waals surface area (Å²) in [5.41, 5.74) is 5.61. The third-order valence-electron chi connectivity index (χ3n) is 3.34. The van der Waals surface area contributed by atoms with Gasteiger partial charge in [-0.3, -0.25) is 0 Å². The normalized spacial score (nSPS) is 15.4. The van der Waals surface area contributed by atoms with Gasteiger partial charge in [0.25, 0.3) is 0 Å². The van der Waals surface area contributed by atoms with Crippen LogP contribution >= 0.6 is 0 Å². The fraction of sp³-hybridized carbons (Fsp3) is 1.00. The largest absolute Gasteiger partial charge is 0.396 e. The molecule has 0 aliphatic carbocycles. The summed E-state index contributed by atoms with van der Waals surface area (Å²) in [6.07, 6.45) is 1.84. The van der Waals surface area contributed by atoms with Crippen molar-refractivity contribution in [1.29, 1.82) is 0 Å². The molecule has 0 aromatic rings. The summed E-state index contributed by atoms with van der Waals surface area (Å²) in [4.78, 5) is 0. The van der Waals surface area contributed by atoms with Crippen LogP contribution in [0.25, 0.3) is 0 Å². The van der Waals surface area contributed by atoms with E-state index in [0.717, 1.165) is 12.8 Å². The lowest BCUT2D eigenvalue weighted by atomic mass is 9.74. The summed E-state index contributed by atoms with van der Waals surface area (Å²) in [6.45, 7) is 6.86. The van der Waals surface area contributed by atoms with Crippen molar-refractivity contribution >= 4 is 0 Å². The second kappa shape index (κ2) is 8.93. The zero-order valence-electron chi connectivity index (χ0n) is 10.9. The van der Waals surface area contributed by atoms with Crippen molar-refractivity contribution in [2.24, 2.45) is 17.1 Å². The Kier molecular flexibility index (Phi) is 8.84. The molecule has 0 fully saturated rings. The topological polar surface area (TPSA) is 64.7 Å². The van der Waals surface area contributed by atoms with Gasteiger partial charge in [0.1, 0.15) is 0 Å². The van der Waals surface area contributed by atoms with Crippen molar-refractivity contribution in [2.45, 2.75) is 26.7 Å². The van der Waals surface area contributed by atoms with Crippen LogP contribution in [0.4, 0.5) is 0 Å². The van der Waals surface area contributed by atoms with Gasteiger partial charge in [0.2, 0.25) is 0 Å². The Hall–Kier alpha value is -0.160. The van der Waals surface area contributed by atoms with Crippen LogP contribution in [0.2, 0.25) is 0 Å². The second-order valence-electron chi connectivity index (χ2n) is 4.59. The second-order valence-corrected chi connectivity index (χ2v) is 4.59. The number of rotatable bonds is 10. The lowest BCUT2D eigenvalue weighted by Gasteiger charge is -2.34. The zero-order chi connectivity index (χ0) is 12.4. The molecule has 0 radical (unpaired) electrons. The van der Waals surface area contributed by atoms with E-state index in [0.29, 0.717) is 32.3 Å². The molecule has 0 saturated heterocycles. The van der Waals surface area contributed by atoms with Crippen molar-refractivity contribution < 1.29 is 14.6 Å². The molecule has 0 bridgehead atoms. The van der Waals surface area contributed by atoms with Crippen LogP contribution in [0.5, 0.6) is 0 Å². The van der Waals surface area contributed by atoms with E-state index in [1.807, 2.05) is 0 Å². The minimum Gasteiger partial charge on any atom is -0.396 e. The molecular formula is C12H27NO3. The highest BCUT2D eigenvalue weighted by Gasteiger charge is 2.30. The van der Waals surface area contributed by atoms with Gasteiger partial charge < -0.3 is 20.3 Å². The Bertz CT molecular complexity index is 158. The average Bonchev–Trinajstić information content (AvgIpc) is 2.28. The fourth-order valence-electron chi connectivity index (χ4n) is 1.72. The van der Waals surface area contributed by atoms with Gasteiger partial charge in [0.15, 0.2) is 0 Å². The first-order valence-electron chi connectivity index (χ1n) is 6.00. The minimum atomic E-state index is -0.148. The Morgan fingerprint density at radius 3 is 2.38 bits per heavy atom. The van der Waals surface area contributed by atoms with Crippen molar-refractivity contribution in [3.8, 4) is 0 Å². The molecule has 98 valence electrons. The van der Waals surface area contributed by atoms with Crippen LogP contribution in [0, 0.1) is 11.3 Å². The number of methoxy groups -OCH3 is 1. The molecule has 16 heavy (non-hydrogen) atoms. The average molecular weight is 233 g/mol. The first kappa shape index (κ1) is 15.8. The van der Waals surface area contributed by atoms with Crippen molar-refractivity contribution in [2.75, 3.05) is 40.1 Å². The van der Waals surface area contributed by atoms with Gasteiger partial charge in [-0.1, -0.05) is 13.8 Å². The third kappa shape index (κ3) is 5.25. The minimum absolute atomic E-state index is 0.148. The number of aliphatic hydroxyl groups is 1. The van der Waals surface area contributed by atoms with Crippen molar-refractivity contribution in [3.05, 3.63) is 0 Å². The van der Waals surface area contributed by atoms with Crippen LogP contribution in [0.1, 0.15) is 26.7 Å². The zero-order valence-corrected chi connectivity index (χ0v) is 10.9. The van der Waals surface area contributed by atoms with Gasteiger partial charge in [-0.15, -0.1) is 0 Å². The first-order valence-corrected chi connectivity index (χ1v) is 6.00. The van der Waals surface area contributed by atoms with Gasteiger partial charge in [0.05, 0.1) is 19.8 Å². The Balaban J connectivity index is 3.77. The number of hydrogen-bond donors (Lipinski definition) is 2. The lowest BCUT2D eigenvalue weighted by Crippen LogP contribution is -2.39. The van der Waals surface area contributed by atoms with E-state index >= 15 is 0 Å². The molecule has 4 heteroatoms. The quantitative estimate of drug-likeness (QED) is 0.553. The summed E-state index contributed by atoms with van der Waals surface area (Å²) >= 11 is 0. The number of ether oxygens (including phenoxy) is 2.